The quantitative estimate of drug-likeness (QED) is 0.676. The first kappa shape index (κ1) is 12.1. The van der Waals surface area contributed by atoms with Gasteiger partial charge in [-0.3, -0.25) is 9.59 Å². The summed E-state index contributed by atoms with van der Waals surface area (Å²) in [6.07, 6.45) is 0. The van der Waals surface area contributed by atoms with Crippen molar-refractivity contribution in [3.8, 4) is 0 Å². The molecule has 0 bridgehead atoms. The second-order valence-corrected chi connectivity index (χ2v) is 3.61. The molecular formula is C9H17NO3. The van der Waals surface area contributed by atoms with Gasteiger partial charge >= 0.3 is 0 Å². The van der Waals surface area contributed by atoms with Crippen LogP contribution in [-0.2, 0) is 14.3 Å². The van der Waals surface area contributed by atoms with Gasteiger partial charge in [0.1, 0.15) is 12.4 Å². The monoisotopic (exact) mass is 187 g/mol. The second kappa shape index (κ2) is 4.97. The fourth-order valence-electron chi connectivity index (χ4n) is 0.573. The Kier molecular flexibility index (Phi) is 4.62. The van der Waals surface area contributed by atoms with Gasteiger partial charge in [0.15, 0.2) is 0 Å². The van der Waals surface area contributed by atoms with E-state index >= 15 is 0 Å². The Morgan fingerprint density at radius 3 is 2.31 bits per heavy atom. The van der Waals surface area contributed by atoms with Crippen LogP contribution in [0.2, 0.25) is 0 Å². The lowest BCUT2D eigenvalue weighted by molar-refractivity contribution is -0.132. The van der Waals surface area contributed by atoms with Crippen molar-refractivity contribution in [2.24, 2.45) is 5.41 Å². The molecule has 0 aromatic heterocycles. The van der Waals surface area contributed by atoms with Gasteiger partial charge in [-0.1, -0.05) is 13.8 Å². The summed E-state index contributed by atoms with van der Waals surface area (Å²) in [4.78, 5) is 21.8. The average molecular weight is 187 g/mol. The zero-order valence-corrected chi connectivity index (χ0v) is 8.64. The van der Waals surface area contributed by atoms with E-state index in [-0.39, 0.29) is 24.9 Å². The first-order chi connectivity index (χ1) is 5.90. The van der Waals surface area contributed by atoms with Gasteiger partial charge in [-0.25, -0.2) is 0 Å². The van der Waals surface area contributed by atoms with Gasteiger partial charge in [0.2, 0.25) is 5.91 Å². The molecule has 13 heavy (non-hydrogen) atoms. The van der Waals surface area contributed by atoms with Crippen molar-refractivity contribution in [1.29, 1.82) is 0 Å². The number of amides is 1. The molecule has 0 spiro atoms. The Labute approximate surface area is 78.6 Å². The number of hydrogen-bond donors (Lipinski definition) is 1. The Balaban J connectivity index is 3.76. The van der Waals surface area contributed by atoms with Crippen LogP contribution in [0.4, 0.5) is 0 Å². The average Bonchev–Trinajstić information content (AvgIpc) is 2.03. The topological polar surface area (TPSA) is 55.4 Å². The molecule has 0 saturated heterocycles. The van der Waals surface area contributed by atoms with E-state index < -0.39 is 5.41 Å². The van der Waals surface area contributed by atoms with E-state index in [0.29, 0.717) is 0 Å². The number of ether oxygens (including phenoxy) is 1. The van der Waals surface area contributed by atoms with Gasteiger partial charge in [0, 0.05) is 12.5 Å². The number of Topliss-reactive ketones (excluding diaryl/α,β-unsaturated/α-hetero) is 1. The van der Waals surface area contributed by atoms with Gasteiger partial charge in [-0.15, -0.1) is 0 Å². The molecule has 1 amide bonds. The van der Waals surface area contributed by atoms with Crippen LogP contribution in [0.3, 0.4) is 0 Å². The number of carbonyl (C=O) groups excluding carboxylic acids is 2. The Hall–Kier alpha value is -0.900. The van der Waals surface area contributed by atoms with E-state index in [9.17, 15) is 9.59 Å². The fraction of sp³-hybridized carbons (Fsp3) is 0.778. The molecule has 0 rings (SSSR count). The van der Waals surface area contributed by atoms with E-state index in [1.165, 1.54) is 6.92 Å². The normalized spacial score (nSPS) is 11.1. The van der Waals surface area contributed by atoms with Crippen LogP contribution in [0.5, 0.6) is 0 Å². The number of hydrogen-bond acceptors (Lipinski definition) is 3. The van der Waals surface area contributed by atoms with Gasteiger partial charge in [-0.05, 0) is 6.92 Å². The maximum Gasteiger partial charge on any atom is 0.245 e. The van der Waals surface area contributed by atoms with Crippen LogP contribution in [0.25, 0.3) is 0 Å². The van der Waals surface area contributed by atoms with Crippen LogP contribution in [-0.4, -0.2) is 32.0 Å². The summed E-state index contributed by atoms with van der Waals surface area (Å²) in [6.45, 7) is 5.38. The number of rotatable bonds is 5. The van der Waals surface area contributed by atoms with Crippen molar-refractivity contribution in [2.45, 2.75) is 20.8 Å². The van der Waals surface area contributed by atoms with Crippen molar-refractivity contribution in [2.75, 3.05) is 20.3 Å². The Bertz CT molecular complexity index is 199. The highest BCUT2D eigenvalue weighted by Gasteiger charge is 2.23. The van der Waals surface area contributed by atoms with Gasteiger partial charge in [0.05, 0.1) is 6.61 Å². The minimum absolute atomic E-state index is 0.00715. The summed E-state index contributed by atoms with van der Waals surface area (Å²) in [5.41, 5.74) is -0.506. The zero-order chi connectivity index (χ0) is 10.5. The summed E-state index contributed by atoms with van der Waals surface area (Å²) < 4.78 is 5.08. The largest absolute Gasteiger partial charge is 0.371 e. The number of nitrogens with one attached hydrogen (secondary N) is 1. The predicted octanol–water partition coefficient (Wildman–Crippen LogP) is 0.364. The zero-order valence-electron chi connectivity index (χ0n) is 8.64. The van der Waals surface area contributed by atoms with Crippen molar-refractivity contribution in [1.82, 2.24) is 5.32 Å². The third-order valence-corrected chi connectivity index (χ3v) is 1.93. The van der Waals surface area contributed by atoms with Crippen molar-refractivity contribution in [3.63, 3.8) is 0 Å². The van der Waals surface area contributed by atoms with Crippen LogP contribution >= 0.6 is 0 Å². The molecule has 0 unspecified atom stereocenters. The first-order valence-electron chi connectivity index (χ1n) is 4.19. The summed E-state index contributed by atoms with van der Waals surface area (Å²) in [6, 6.07) is 0. The highest BCUT2D eigenvalue weighted by Crippen LogP contribution is 2.16. The molecule has 0 aromatic rings. The molecule has 0 saturated carbocycles. The van der Waals surface area contributed by atoms with E-state index in [4.69, 9.17) is 4.74 Å². The predicted molar refractivity (Wildman–Crippen MR) is 49.3 cm³/mol. The third kappa shape index (κ3) is 4.62. The number of ketones is 1. The molecule has 4 nitrogen and oxygen atoms in total. The van der Waals surface area contributed by atoms with Crippen LogP contribution < -0.4 is 5.32 Å². The highest BCUT2D eigenvalue weighted by molar-refractivity contribution is 5.81. The molecule has 0 heterocycles. The molecule has 1 N–H and O–H groups in total. The van der Waals surface area contributed by atoms with Crippen LogP contribution in [0.15, 0.2) is 0 Å². The van der Waals surface area contributed by atoms with E-state index in [0.717, 1.165) is 0 Å². The molecule has 0 radical (unpaired) electrons. The van der Waals surface area contributed by atoms with Crippen molar-refractivity contribution in [3.05, 3.63) is 0 Å². The standard InChI is InChI=1S/C9H17NO3/c1-7(11)9(2,3)6-13-5-8(12)10-4/h5-6H2,1-4H3,(H,10,12). The first-order valence-corrected chi connectivity index (χ1v) is 4.19. The Morgan fingerprint density at radius 2 is 1.92 bits per heavy atom. The Morgan fingerprint density at radius 1 is 1.38 bits per heavy atom. The minimum Gasteiger partial charge on any atom is -0.371 e. The lowest BCUT2D eigenvalue weighted by atomic mass is 9.90. The summed E-state index contributed by atoms with van der Waals surface area (Å²) >= 11 is 0. The summed E-state index contributed by atoms with van der Waals surface area (Å²) in [5.74, 6) is -0.122. The van der Waals surface area contributed by atoms with Crippen molar-refractivity contribution < 1.29 is 14.3 Å². The van der Waals surface area contributed by atoms with Crippen molar-refractivity contribution >= 4 is 11.7 Å². The van der Waals surface area contributed by atoms with Crippen LogP contribution in [0.1, 0.15) is 20.8 Å². The van der Waals surface area contributed by atoms with Gasteiger partial charge in [0.25, 0.3) is 0 Å². The van der Waals surface area contributed by atoms with E-state index in [2.05, 4.69) is 5.32 Å². The molecule has 0 atom stereocenters. The second-order valence-electron chi connectivity index (χ2n) is 3.61. The molecule has 0 fully saturated rings. The van der Waals surface area contributed by atoms with E-state index in [1.54, 1.807) is 20.9 Å². The number of likely N-dealkylation sites (N-methyl/N-ethyl adjacent to an activating group) is 1. The lowest BCUT2D eigenvalue weighted by Gasteiger charge is -2.20. The lowest BCUT2D eigenvalue weighted by Crippen LogP contribution is -2.31. The highest BCUT2D eigenvalue weighted by atomic mass is 16.5. The molecule has 0 aliphatic heterocycles. The van der Waals surface area contributed by atoms with E-state index in [1.807, 2.05) is 0 Å². The molecule has 0 aromatic carbocycles. The smallest absolute Gasteiger partial charge is 0.245 e. The summed E-state index contributed by atoms with van der Waals surface area (Å²) in [5, 5.41) is 2.43. The minimum atomic E-state index is -0.506. The molecule has 4 heteroatoms. The third-order valence-electron chi connectivity index (χ3n) is 1.93. The van der Waals surface area contributed by atoms with Gasteiger partial charge < -0.3 is 10.1 Å². The molecular weight excluding hydrogens is 170 g/mol. The SMILES string of the molecule is CNC(=O)COCC(C)(C)C(C)=O. The summed E-state index contributed by atoms with van der Waals surface area (Å²) in [7, 11) is 1.54. The molecule has 0 aliphatic rings. The van der Waals surface area contributed by atoms with Gasteiger partial charge in [-0.2, -0.15) is 0 Å². The number of carbonyl (C=O) groups is 2. The molecule has 0 aliphatic carbocycles. The van der Waals surface area contributed by atoms with Crippen LogP contribution in [0, 0.1) is 5.41 Å². The maximum absolute atomic E-state index is 11.0. The molecule has 76 valence electrons. The fourth-order valence-corrected chi connectivity index (χ4v) is 0.573. The maximum atomic E-state index is 11.0.